The van der Waals surface area contributed by atoms with Crippen molar-refractivity contribution in [2.45, 2.75) is 59.3 Å². The molecule has 1 saturated heterocycles. The molecule has 1 aliphatic heterocycles. The van der Waals surface area contributed by atoms with Gasteiger partial charge >= 0.3 is 0 Å². The molecule has 0 aromatic carbocycles. The molecular weight excluding hydrogens is 182 g/mol. The number of rotatable bonds is 1. The van der Waals surface area contributed by atoms with Crippen molar-refractivity contribution in [2.24, 2.45) is 16.7 Å². The summed E-state index contributed by atoms with van der Waals surface area (Å²) >= 11 is 0. The lowest BCUT2D eigenvalue weighted by atomic mass is 9.72. The number of hydrogen-bond donors (Lipinski definition) is 1. The summed E-state index contributed by atoms with van der Waals surface area (Å²) in [7, 11) is 0. The highest BCUT2D eigenvalue weighted by atomic mass is 14.9. The SMILES string of the molecule is CC(C)C1(C)CCCC2(CCNC2)CC1. The van der Waals surface area contributed by atoms with Crippen LogP contribution in [0, 0.1) is 16.7 Å². The predicted molar refractivity (Wildman–Crippen MR) is 65.9 cm³/mol. The second kappa shape index (κ2) is 4.08. The molecule has 0 aromatic heterocycles. The van der Waals surface area contributed by atoms with Gasteiger partial charge in [0.15, 0.2) is 0 Å². The summed E-state index contributed by atoms with van der Waals surface area (Å²) in [4.78, 5) is 0. The fraction of sp³-hybridized carbons (Fsp3) is 1.00. The maximum absolute atomic E-state index is 3.57. The van der Waals surface area contributed by atoms with Crippen LogP contribution in [-0.2, 0) is 0 Å². The van der Waals surface area contributed by atoms with Crippen molar-refractivity contribution in [1.82, 2.24) is 5.32 Å². The fourth-order valence-electron chi connectivity index (χ4n) is 3.47. The Balaban J connectivity index is 2.03. The van der Waals surface area contributed by atoms with E-state index in [9.17, 15) is 0 Å². The summed E-state index contributed by atoms with van der Waals surface area (Å²) < 4.78 is 0. The lowest BCUT2D eigenvalue weighted by Gasteiger charge is -2.33. The lowest BCUT2D eigenvalue weighted by Crippen LogP contribution is -2.25. The van der Waals surface area contributed by atoms with Crippen LogP contribution in [0.2, 0.25) is 0 Å². The van der Waals surface area contributed by atoms with E-state index >= 15 is 0 Å². The average molecular weight is 209 g/mol. The molecule has 1 aliphatic carbocycles. The summed E-state index contributed by atoms with van der Waals surface area (Å²) in [5.41, 5.74) is 1.30. The Kier molecular flexibility index (Phi) is 3.12. The second-order valence-electron chi connectivity index (χ2n) is 6.59. The van der Waals surface area contributed by atoms with E-state index in [0.29, 0.717) is 10.8 Å². The number of nitrogens with one attached hydrogen (secondary N) is 1. The maximum Gasteiger partial charge on any atom is 0.000829 e. The minimum atomic E-state index is 0.617. The van der Waals surface area contributed by atoms with E-state index in [1.165, 1.54) is 51.6 Å². The van der Waals surface area contributed by atoms with Crippen molar-refractivity contribution in [3.8, 4) is 0 Å². The van der Waals surface area contributed by atoms with Gasteiger partial charge in [-0.1, -0.05) is 27.2 Å². The molecule has 1 heterocycles. The summed E-state index contributed by atoms with van der Waals surface area (Å²) in [5, 5.41) is 3.57. The van der Waals surface area contributed by atoms with Crippen LogP contribution >= 0.6 is 0 Å². The van der Waals surface area contributed by atoms with Gasteiger partial charge in [0.25, 0.3) is 0 Å². The van der Waals surface area contributed by atoms with Crippen LogP contribution in [0.15, 0.2) is 0 Å². The third-order valence-corrected chi connectivity index (χ3v) is 5.41. The summed E-state index contributed by atoms with van der Waals surface area (Å²) in [6.45, 7) is 9.88. The molecule has 1 spiro atoms. The highest BCUT2D eigenvalue weighted by Crippen LogP contribution is 2.48. The van der Waals surface area contributed by atoms with Gasteiger partial charge in [0, 0.05) is 6.54 Å². The van der Waals surface area contributed by atoms with Crippen LogP contribution in [0.4, 0.5) is 0 Å². The Labute approximate surface area is 95.0 Å². The van der Waals surface area contributed by atoms with Crippen LogP contribution in [-0.4, -0.2) is 13.1 Å². The first-order valence-electron chi connectivity index (χ1n) is 6.77. The monoisotopic (exact) mass is 209 g/mol. The molecule has 2 aliphatic rings. The van der Waals surface area contributed by atoms with E-state index in [1.807, 2.05) is 0 Å². The van der Waals surface area contributed by atoms with E-state index in [-0.39, 0.29) is 0 Å². The average Bonchev–Trinajstić information content (AvgIpc) is 2.56. The largest absolute Gasteiger partial charge is 0.316 e. The zero-order valence-electron chi connectivity index (χ0n) is 10.7. The van der Waals surface area contributed by atoms with E-state index in [1.54, 1.807) is 0 Å². The van der Waals surface area contributed by atoms with Gasteiger partial charge in [-0.05, 0) is 55.4 Å². The van der Waals surface area contributed by atoms with Crippen molar-refractivity contribution in [1.29, 1.82) is 0 Å². The van der Waals surface area contributed by atoms with E-state index in [2.05, 4.69) is 26.1 Å². The summed E-state index contributed by atoms with van der Waals surface area (Å²) in [6.07, 6.45) is 8.73. The molecule has 0 amide bonds. The van der Waals surface area contributed by atoms with Gasteiger partial charge < -0.3 is 5.32 Å². The van der Waals surface area contributed by atoms with Crippen molar-refractivity contribution < 1.29 is 0 Å². The quantitative estimate of drug-likeness (QED) is 0.696. The number of hydrogen-bond acceptors (Lipinski definition) is 1. The van der Waals surface area contributed by atoms with Gasteiger partial charge in [-0.3, -0.25) is 0 Å². The van der Waals surface area contributed by atoms with Gasteiger partial charge in [0.2, 0.25) is 0 Å². The van der Waals surface area contributed by atoms with E-state index in [4.69, 9.17) is 0 Å². The minimum absolute atomic E-state index is 0.617. The van der Waals surface area contributed by atoms with Crippen molar-refractivity contribution >= 4 is 0 Å². The van der Waals surface area contributed by atoms with E-state index < -0.39 is 0 Å². The molecule has 2 unspecified atom stereocenters. The van der Waals surface area contributed by atoms with Crippen molar-refractivity contribution in [3.63, 3.8) is 0 Å². The molecule has 2 atom stereocenters. The molecular formula is C14H27N. The Morgan fingerprint density at radius 1 is 1.00 bits per heavy atom. The Morgan fingerprint density at radius 3 is 2.40 bits per heavy atom. The minimum Gasteiger partial charge on any atom is -0.316 e. The molecule has 0 radical (unpaired) electrons. The zero-order chi connectivity index (χ0) is 10.9. The molecule has 2 fully saturated rings. The Bertz CT molecular complexity index is 209. The van der Waals surface area contributed by atoms with Crippen LogP contribution in [0.25, 0.3) is 0 Å². The first kappa shape index (κ1) is 11.4. The second-order valence-corrected chi connectivity index (χ2v) is 6.59. The fourth-order valence-corrected chi connectivity index (χ4v) is 3.47. The topological polar surface area (TPSA) is 12.0 Å². The summed E-state index contributed by atoms with van der Waals surface area (Å²) in [6, 6.07) is 0. The lowest BCUT2D eigenvalue weighted by molar-refractivity contribution is 0.173. The highest BCUT2D eigenvalue weighted by Gasteiger charge is 2.40. The standard InChI is InChI=1S/C14H27N/c1-12(2)13(3)5-4-6-14(8-7-13)9-10-15-11-14/h12,15H,4-11H2,1-3H3. The van der Waals surface area contributed by atoms with Crippen LogP contribution in [0.1, 0.15) is 59.3 Å². The summed E-state index contributed by atoms with van der Waals surface area (Å²) in [5.74, 6) is 0.849. The van der Waals surface area contributed by atoms with Crippen molar-refractivity contribution in [2.75, 3.05) is 13.1 Å². The maximum atomic E-state index is 3.57. The van der Waals surface area contributed by atoms with Gasteiger partial charge in [0.1, 0.15) is 0 Å². The van der Waals surface area contributed by atoms with Crippen LogP contribution in [0.5, 0.6) is 0 Å². The third kappa shape index (κ3) is 2.22. The molecule has 0 aromatic rings. The third-order valence-electron chi connectivity index (χ3n) is 5.41. The zero-order valence-corrected chi connectivity index (χ0v) is 10.7. The molecule has 88 valence electrons. The van der Waals surface area contributed by atoms with Gasteiger partial charge in [0.05, 0.1) is 0 Å². The smallest absolute Gasteiger partial charge is 0.000829 e. The highest BCUT2D eigenvalue weighted by molar-refractivity contribution is 4.93. The normalized spacial score (nSPS) is 42.4. The first-order chi connectivity index (χ1) is 7.06. The molecule has 0 bridgehead atoms. The Morgan fingerprint density at radius 2 is 1.80 bits per heavy atom. The molecule has 1 heteroatoms. The molecule has 2 rings (SSSR count). The molecule has 1 nitrogen and oxygen atoms in total. The molecule has 1 N–H and O–H groups in total. The molecule has 15 heavy (non-hydrogen) atoms. The van der Waals surface area contributed by atoms with Gasteiger partial charge in [-0.2, -0.15) is 0 Å². The van der Waals surface area contributed by atoms with E-state index in [0.717, 1.165) is 5.92 Å². The van der Waals surface area contributed by atoms with Crippen molar-refractivity contribution in [3.05, 3.63) is 0 Å². The Hall–Kier alpha value is -0.0400. The predicted octanol–water partition coefficient (Wildman–Crippen LogP) is 3.59. The van der Waals surface area contributed by atoms with Gasteiger partial charge in [-0.15, -0.1) is 0 Å². The molecule has 1 saturated carbocycles. The van der Waals surface area contributed by atoms with Crippen LogP contribution in [0.3, 0.4) is 0 Å². The van der Waals surface area contributed by atoms with Gasteiger partial charge in [-0.25, -0.2) is 0 Å². The van der Waals surface area contributed by atoms with Crippen LogP contribution < -0.4 is 5.32 Å². The first-order valence-corrected chi connectivity index (χ1v) is 6.77.